The van der Waals surface area contributed by atoms with Crippen LogP contribution >= 0.6 is 11.6 Å². The predicted octanol–water partition coefficient (Wildman–Crippen LogP) is 4.55. The molecule has 8 heteroatoms. The van der Waals surface area contributed by atoms with Crippen molar-refractivity contribution in [2.45, 2.75) is 17.9 Å². The van der Waals surface area contributed by atoms with Crippen LogP contribution in [0.25, 0.3) is 0 Å². The normalized spacial score (nSPS) is 12.2. The fourth-order valence-corrected chi connectivity index (χ4v) is 4.54. The molecule has 1 atom stereocenters. The van der Waals surface area contributed by atoms with E-state index in [0.717, 1.165) is 4.31 Å². The molecule has 0 aliphatic heterocycles. The molecule has 0 fully saturated rings. The number of hydrogen-bond acceptors (Lipinski definition) is 3. The highest BCUT2D eigenvalue weighted by atomic mass is 35.5. The molecule has 0 saturated carbocycles. The summed E-state index contributed by atoms with van der Waals surface area (Å²) in [5, 5.41) is 3.10. The molecule has 3 aromatic rings. The number of nitrogens with zero attached hydrogens (tertiary/aromatic N) is 1. The lowest BCUT2D eigenvalue weighted by Gasteiger charge is -2.25. The van der Waals surface area contributed by atoms with Crippen molar-refractivity contribution in [3.63, 3.8) is 0 Å². The van der Waals surface area contributed by atoms with Gasteiger partial charge in [0.2, 0.25) is 5.91 Å². The van der Waals surface area contributed by atoms with Gasteiger partial charge in [-0.05, 0) is 55.0 Å². The Morgan fingerprint density at radius 3 is 2.33 bits per heavy atom. The van der Waals surface area contributed by atoms with Gasteiger partial charge >= 0.3 is 0 Å². The molecule has 156 valence electrons. The Morgan fingerprint density at radius 1 is 1.03 bits per heavy atom. The second kappa shape index (κ2) is 9.28. The maximum absolute atomic E-state index is 13.2. The van der Waals surface area contributed by atoms with E-state index in [1.807, 2.05) is 0 Å². The molecule has 0 saturated heterocycles. The third kappa shape index (κ3) is 5.17. The maximum Gasteiger partial charge on any atom is 0.264 e. The molecule has 3 rings (SSSR count). The Balaban J connectivity index is 1.87. The van der Waals surface area contributed by atoms with Gasteiger partial charge in [0, 0.05) is 5.02 Å². The lowest BCUT2D eigenvalue weighted by Crippen LogP contribution is -2.41. The van der Waals surface area contributed by atoms with E-state index in [-0.39, 0.29) is 16.4 Å². The number of carbonyl (C=O) groups is 1. The fourth-order valence-electron chi connectivity index (χ4n) is 2.92. The van der Waals surface area contributed by atoms with Crippen LogP contribution in [-0.2, 0) is 14.8 Å². The third-order valence-electron chi connectivity index (χ3n) is 4.46. The number of amides is 1. The van der Waals surface area contributed by atoms with Crippen LogP contribution in [0.15, 0.2) is 83.8 Å². The van der Waals surface area contributed by atoms with E-state index in [1.165, 1.54) is 30.3 Å². The SMILES string of the molecule is C[C@H](NC(=O)CN(c1cccc(Cl)c1)S(=O)(=O)c1ccccc1)c1ccc(F)cc1. The van der Waals surface area contributed by atoms with Crippen LogP contribution in [0.2, 0.25) is 5.02 Å². The molecule has 1 amide bonds. The van der Waals surface area contributed by atoms with Crippen LogP contribution in [0.3, 0.4) is 0 Å². The average Bonchev–Trinajstić information content (AvgIpc) is 2.73. The first-order chi connectivity index (χ1) is 14.3. The highest BCUT2D eigenvalue weighted by Crippen LogP contribution is 2.26. The van der Waals surface area contributed by atoms with Crippen molar-refractivity contribution in [3.05, 3.63) is 95.3 Å². The van der Waals surface area contributed by atoms with Gasteiger partial charge in [0.1, 0.15) is 12.4 Å². The number of halogens is 2. The largest absolute Gasteiger partial charge is 0.348 e. The van der Waals surface area contributed by atoms with E-state index < -0.39 is 28.5 Å². The minimum absolute atomic E-state index is 0.0596. The first-order valence-electron chi connectivity index (χ1n) is 9.15. The molecular formula is C22H20ClFN2O3S. The third-order valence-corrected chi connectivity index (χ3v) is 6.49. The van der Waals surface area contributed by atoms with Crippen LogP contribution in [0.4, 0.5) is 10.1 Å². The van der Waals surface area contributed by atoms with Crippen LogP contribution in [-0.4, -0.2) is 20.9 Å². The van der Waals surface area contributed by atoms with E-state index in [9.17, 15) is 17.6 Å². The molecule has 0 radical (unpaired) electrons. The smallest absolute Gasteiger partial charge is 0.264 e. The summed E-state index contributed by atoms with van der Waals surface area (Å²) >= 11 is 6.05. The van der Waals surface area contributed by atoms with Gasteiger partial charge in [-0.25, -0.2) is 12.8 Å². The fraction of sp³-hybridized carbons (Fsp3) is 0.136. The van der Waals surface area contributed by atoms with Gasteiger partial charge in [0.05, 0.1) is 16.6 Å². The van der Waals surface area contributed by atoms with Crippen LogP contribution in [0.1, 0.15) is 18.5 Å². The Labute approximate surface area is 180 Å². The van der Waals surface area contributed by atoms with E-state index >= 15 is 0 Å². The molecule has 0 bridgehead atoms. The zero-order chi connectivity index (χ0) is 21.7. The number of hydrogen-bond donors (Lipinski definition) is 1. The minimum Gasteiger partial charge on any atom is -0.348 e. The average molecular weight is 447 g/mol. The highest BCUT2D eigenvalue weighted by Gasteiger charge is 2.27. The van der Waals surface area contributed by atoms with E-state index in [1.54, 1.807) is 55.5 Å². The monoisotopic (exact) mass is 446 g/mol. The number of rotatable bonds is 7. The maximum atomic E-state index is 13.2. The summed E-state index contributed by atoms with van der Waals surface area (Å²) in [5.41, 5.74) is 0.973. The van der Waals surface area contributed by atoms with Crippen molar-refractivity contribution in [3.8, 4) is 0 Å². The van der Waals surface area contributed by atoms with Crippen molar-refractivity contribution >= 4 is 33.2 Å². The van der Waals surface area contributed by atoms with Crippen molar-refractivity contribution in [1.82, 2.24) is 5.32 Å². The molecule has 30 heavy (non-hydrogen) atoms. The predicted molar refractivity (Wildman–Crippen MR) is 115 cm³/mol. The minimum atomic E-state index is -4.01. The molecule has 0 spiro atoms. The summed E-state index contributed by atoms with van der Waals surface area (Å²) in [6.45, 7) is 1.30. The summed E-state index contributed by atoms with van der Waals surface area (Å²) in [5.74, 6) is -0.885. The molecule has 5 nitrogen and oxygen atoms in total. The molecule has 1 N–H and O–H groups in total. The van der Waals surface area contributed by atoms with Crippen molar-refractivity contribution < 1.29 is 17.6 Å². The van der Waals surface area contributed by atoms with Crippen molar-refractivity contribution in [2.75, 3.05) is 10.8 Å². The number of sulfonamides is 1. The summed E-state index contributed by atoms with van der Waals surface area (Å²) in [4.78, 5) is 12.8. The van der Waals surface area contributed by atoms with Crippen LogP contribution in [0, 0.1) is 5.82 Å². The first kappa shape index (κ1) is 21.8. The van der Waals surface area contributed by atoms with Crippen molar-refractivity contribution in [1.29, 1.82) is 0 Å². The number of benzene rings is 3. The van der Waals surface area contributed by atoms with E-state index in [4.69, 9.17) is 11.6 Å². The van der Waals surface area contributed by atoms with Gasteiger partial charge in [-0.1, -0.05) is 48.0 Å². The Morgan fingerprint density at radius 2 is 1.70 bits per heavy atom. The topological polar surface area (TPSA) is 66.5 Å². The number of carbonyl (C=O) groups excluding carboxylic acids is 1. The summed E-state index contributed by atoms with van der Waals surface area (Å²) in [7, 11) is -4.01. The Bertz CT molecular complexity index is 1120. The first-order valence-corrected chi connectivity index (χ1v) is 11.0. The quantitative estimate of drug-likeness (QED) is 0.579. The van der Waals surface area contributed by atoms with Gasteiger partial charge in [-0.2, -0.15) is 0 Å². The Hall–Kier alpha value is -2.90. The summed E-state index contributed by atoms with van der Waals surface area (Å²) < 4.78 is 40.6. The standard InChI is InChI=1S/C22H20ClFN2O3S/c1-16(17-10-12-19(24)13-11-17)25-22(27)15-26(20-7-5-6-18(23)14-20)30(28,29)21-8-3-2-4-9-21/h2-14,16H,15H2,1H3,(H,25,27)/t16-/m0/s1. The van der Waals surface area contributed by atoms with E-state index in [0.29, 0.717) is 10.6 Å². The van der Waals surface area contributed by atoms with Gasteiger partial charge in [-0.15, -0.1) is 0 Å². The molecule has 0 heterocycles. The highest BCUT2D eigenvalue weighted by molar-refractivity contribution is 7.92. The van der Waals surface area contributed by atoms with Gasteiger partial charge in [0.15, 0.2) is 0 Å². The van der Waals surface area contributed by atoms with Crippen LogP contribution < -0.4 is 9.62 Å². The lowest BCUT2D eigenvalue weighted by molar-refractivity contribution is -0.120. The van der Waals surface area contributed by atoms with Gasteiger partial charge in [-0.3, -0.25) is 9.10 Å². The van der Waals surface area contributed by atoms with Gasteiger partial charge in [0.25, 0.3) is 10.0 Å². The molecular weight excluding hydrogens is 427 g/mol. The Kier molecular flexibility index (Phi) is 6.74. The second-order valence-corrected chi connectivity index (χ2v) is 8.94. The molecule has 0 aromatic heterocycles. The molecule has 3 aromatic carbocycles. The summed E-state index contributed by atoms with van der Waals surface area (Å²) in [6, 6.07) is 19.5. The number of nitrogens with one attached hydrogen (secondary N) is 1. The second-order valence-electron chi connectivity index (χ2n) is 6.65. The van der Waals surface area contributed by atoms with Crippen LogP contribution in [0.5, 0.6) is 0 Å². The summed E-state index contributed by atoms with van der Waals surface area (Å²) in [6.07, 6.45) is 0. The lowest BCUT2D eigenvalue weighted by atomic mass is 10.1. The zero-order valence-electron chi connectivity index (χ0n) is 16.1. The molecule has 0 aliphatic rings. The number of anilines is 1. The van der Waals surface area contributed by atoms with Crippen molar-refractivity contribution in [2.24, 2.45) is 0 Å². The molecule has 0 unspecified atom stereocenters. The van der Waals surface area contributed by atoms with Gasteiger partial charge < -0.3 is 5.32 Å². The molecule has 0 aliphatic carbocycles. The zero-order valence-corrected chi connectivity index (χ0v) is 17.7. The van der Waals surface area contributed by atoms with E-state index in [2.05, 4.69) is 5.32 Å².